The summed E-state index contributed by atoms with van der Waals surface area (Å²) in [6, 6.07) is 3.61. The van der Waals surface area contributed by atoms with Crippen LogP contribution >= 0.6 is 0 Å². The molecule has 0 atom stereocenters. The predicted octanol–water partition coefficient (Wildman–Crippen LogP) is 1.69. The van der Waals surface area contributed by atoms with Crippen molar-refractivity contribution in [2.45, 2.75) is 25.2 Å². The fourth-order valence-electron chi connectivity index (χ4n) is 1.91. The Morgan fingerprint density at radius 1 is 1.35 bits per heavy atom. The first kappa shape index (κ1) is 14.7. The van der Waals surface area contributed by atoms with Crippen LogP contribution in [0.1, 0.15) is 17.1 Å². The average molecular weight is 297 g/mol. The molecule has 0 aliphatic heterocycles. The van der Waals surface area contributed by atoms with Crippen LogP contribution in [0.3, 0.4) is 0 Å². The molecule has 0 amide bonds. The lowest BCUT2D eigenvalue weighted by Gasteiger charge is -2.08. The standard InChI is InChI=1S/C13H16FN3O2S/c1-9-7-11(14)3-4-13(9)20(18,19)16-6-5-12-8-15-10(2)17-12/h3-4,7-8,16H,5-6H2,1-2H3,(H,15,17). The maximum atomic E-state index is 13.0. The fraction of sp³-hybridized carbons (Fsp3) is 0.308. The van der Waals surface area contributed by atoms with Crippen LogP contribution in [0.5, 0.6) is 0 Å². The van der Waals surface area contributed by atoms with Crippen LogP contribution in [0.15, 0.2) is 29.3 Å². The second-order valence-corrected chi connectivity index (χ2v) is 6.29. The highest BCUT2D eigenvalue weighted by Gasteiger charge is 2.16. The molecule has 0 bridgehead atoms. The Bertz CT molecular complexity index is 710. The molecule has 0 aliphatic rings. The number of hydrogen-bond donors (Lipinski definition) is 2. The summed E-state index contributed by atoms with van der Waals surface area (Å²) < 4.78 is 39.7. The number of hydrogen-bond acceptors (Lipinski definition) is 3. The van der Waals surface area contributed by atoms with E-state index >= 15 is 0 Å². The van der Waals surface area contributed by atoms with Gasteiger partial charge in [0.15, 0.2) is 0 Å². The summed E-state index contributed by atoms with van der Waals surface area (Å²) in [5, 5.41) is 0. The number of nitrogens with zero attached hydrogens (tertiary/aromatic N) is 1. The van der Waals surface area contributed by atoms with E-state index in [4.69, 9.17) is 0 Å². The third-order valence-corrected chi connectivity index (χ3v) is 4.49. The van der Waals surface area contributed by atoms with E-state index in [0.717, 1.165) is 17.6 Å². The SMILES string of the molecule is Cc1ncc(CCNS(=O)(=O)c2ccc(F)cc2C)[nH]1. The summed E-state index contributed by atoms with van der Waals surface area (Å²) in [4.78, 5) is 7.16. The van der Waals surface area contributed by atoms with Gasteiger partial charge in [-0.2, -0.15) is 0 Å². The predicted molar refractivity (Wildman–Crippen MR) is 73.4 cm³/mol. The van der Waals surface area contributed by atoms with Gasteiger partial charge in [0.05, 0.1) is 4.90 Å². The maximum Gasteiger partial charge on any atom is 0.240 e. The molecule has 5 nitrogen and oxygen atoms in total. The first-order chi connectivity index (χ1) is 9.38. The molecule has 20 heavy (non-hydrogen) atoms. The van der Waals surface area contributed by atoms with Crippen molar-refractivity contribution in [3.8, 4) is 0 Å². The molecule has 0 spiro atoms. The number of H-pyrrole nitrogens is 1. The Morgan fingerprint density at radius 2 is 2.10 bits per heavy atom. The van der Waals surface area contributed by atoms with Crippen LogP contribution < -0.4 is 4.72 Å². The monoisotopic (exact) mass is 297 g/mol. The Kier molecular flexibility index (Phi) is 4.20. The van der Waals surface area contributed by atoms with Crippen LogP contribution in [-0.4, -0.2) is 24.9 Å². The quantitative estimate of drug-likeness (QED) is 0.882. The summed E-state index contributed by atoms with van der Waals surface area (Å²) in [5.41, 5.74) is 1.25. The lowest BCUT2D eigenvalue weighted by atomic mass is 10.2. The number of nitrogens with one attached hydrogen (secondary N) is 2. The van der Waals surface area contributed by atoms with Crippen molar-refractivity contribution in [3.05, 3.63) is 47.3 Å². The Hall–Kier alpha value is -1.73. The van der Waals surface area contributed by atoms with Gasteiger partial charge in [0.25, 0.3) is 0 Å². The van der Waals surface area contributed by atoms with Crippen LogP contribution in [0, 0.1) is 19.7 Å². The number of aromatic nitrogens is 2. The second-order valence-electron chi connectivity index (χ2n) is 4.55. The summed E-state index contributed by atoms with van der Waals surface area (Å²) in [7, 11) is -3.62. The smallest absolute Gasteiger partial charge is 0.240 e. The van der Waals surface area contributed by atoms with Crippen LogP contribution in [0.25, 0.3) is 0 Å². The highest BCUT2D eigenvalue weighted by Crippen LogP contribution is 2.15. The van der Waals surface area contributed by atoms with Gasteiger partial charge in [-0.3, -0.25) is 0 Å². The Morgan fingerprint density at radius 3 is 2.70 bits per heavy atom. The molecular formula is C13H16FN3O2S. The topological polar surface area (TPSA) is 74.8 Å². The number of aromatic amines is 1. The van der Waals surface area contributed by atoms with E-state index in [1.165, 1.54) is 12.1 Å². The molecule has 2 aromatic rings. The van der Waals surface area contributed by atoms with Crippen LogP contribution in [-0.2, 0) is 16.4 Å². The minimum Gasteiger partial charge on any atom is -0.346 e. The van der Waals surface area contributed by atoms with Crippen molar-refractivity contribution in [1.29, 1.82) is 0 Å². The van der Waals surface area contributed by atoms with Gasteiger partial charge in [0, 0.05) is 24.9 Å². The number of halogens is 1. The molecule has 7 heteroatoms. The Labute approximate surface area is 117 Å². The van der Waals surface area contributed by atoms with E-state index in [1.807, 2.05) is 6.92 Å². The van der Waals surface area contributed by atoms with E-state index in [-0.39, 0.29) is 11.4 Å². The number of imidazole rings is 1. The lowest BCUT2D eigenvalue weighted by Crippen LogP contribution is -2.26. The molecule has 1 aromatic heterocycles. The van der Waals surface area contributed by atoms with E-state index in [0.29, 0.717) is 12.0 Å². The van der Waals surface area contributed by atoms with Gasteiger partial charge in [-0.15, -0.1) is 0 Å². The lowest BCUT2D eigenvalue weighted by molar-refractivity contribution is 0.579. The summed E-state index contributed by atoms with van der Waals surface area (Å²) in [6.45, 7) is 3.65. The van der Waals surface area contributed by atoms with E-state index in [1.54, 1.807) is 13.1 Å². The van der Waals surface area contributed by atoms with Crippen molar-refractivity contribution in [3.63, 3.8) is 0 Å². The van der Waals surface area contributed by atoms with Crippen molar-refractivity contribution in [1.82, 2.24) is 14.7 Å². The largest absolute Gasteiger partial charge is 0.346 e. The molecule has 2 rings (SSSR count). The molecule has 1 heterocycles. The highest BCUT2D eigenvalue weighted by atomic mass is 32.2. The zero-order valence-corrected chi connectivity index (χ0v) is 12.1. The molecule has 2 N–H and O–H groups in total. The van der Waals surface area contributed by atoms with Crippen molar-refractivity contribution < 1.29 is 12.8 Å². The summed E-state index contributed by atoms with van der Waals surface area (Å²) >= 11 is 0. The molecule has 0 saturated carbocycles. The minimum absolute atomic E-state index is 0.0969. The molecule has 0 radical (unpaired) electrons. The van der Waals surface area contributed by atoms with Crippen molar-refractivity contribution in [2.75, 3.05) is 6.54 Å². The second kappa shape index (κ2) is 5.72. The number of rotatable bonds is 5. The molecule has 0 saturated heterocycles. The van der Waals surface area contributed by atoms with Gasteiger partial charge >= 0.3 is 0 Å². The molecular weight excluding hydrogens is 281 g/mol. The van der Waals surface area contributed by atoms with Gasteiger partial charge in [0.1, 0.15) is 11.6 Å². The zero-order chi connectivity index (χ0) is 14.8. The number of aryl methyl sites for hydroxylation is 2. The van der Waals surface area contributed by atoms with E-state index < -0.39 is 15.8 Å². The molecule has 0 aliphatic carbocycles. The van der Waals surface area contributed by atoms with Crippen molar-refractivity contribution in [2.24, 2.45) is 0 Å². The van der Waals surface area contributed by atoms with Gasteiger partial charge in [-0.05, 0) is 37.6 Å². The maximum absolute atomic E-state index is 13.0. The molecule has 0 unspecified atom stereocenters. The van der Waals surface area contributed by atoms with Crippen LogP contribution in [0.4, 0.5) is 4.39 Å². The fourth-order valence-corrected chi connectivity index (χ4v) is 3.17. The molecule has 0 fully saturated rings. The van der Waals surface area contributed by atoms with Gasteiger partial charge < -0.3 is 4.98 Å². The average Bonchev–Trinajstić information content (AvgIpc) is 2.74. The molecule has 108 valence electrons. The third-order valence-electron chi connectivity index (χ3n) is 2.87. The highest BCUT2D eigenvalue weighted by molar-refractivity contribution is 7.89. The van der Waals surface area contributed by atoms with E-state index in [9.17, 15) is 12.8 Å². The minimum atomic E-state index is -3.62. The van der Waals surface area contributed by atoms with E-state index in [2.05, 4.69) is 14.7 Å². The molecule has 1 aromatic carbocycles. The first-order valence-corrected chi connectivity index (χ1v) is 7.63. The zero-order valence-electron chi connectivity index (χ0n) is 11.3. The Balaban J connectivity index is 2.04. The van der Waals surface area contributed by atoms with Gasteiger partial charge in [-0.25, -0.2) is 22.5 Å². The number of benzene rings is 1. The van der Waals surface area contributed by atoms with Gasteiger partial charge in [0.2, 0.25) is 10.0 Å². The van der Waals surface area contributed by atoms with Crippen molar-refractivity contribution >= 4 is 10.0 Å². The normalized spacial score (nSPS) is 11.8. The third kappa shape index (κ3) is 3.43. The van der Waals surface area contributed by atoms with Crippen LogP contribution in [0.2, 0.25) is 0 Å². The first-order valence-electron chi connectivity index (χ1n) is 6.15. The number of sulfonamides is 1. The summed E-state index contributed by atoms with van der Waals surface area (Å²) in [5.74, 6) is 0.339. The van der Waals surface area contributed by atoms with Gasteiger partial charge in [-0.1, -0.05) is 0 Å². The summed E-state index contributed by atoms with van der Waals surface area (Å²) in [6.07, 6.45) is 2.19.